The van der Waals surface area contributed by atoms with Gasteiger partial charge in [-0.2, -0.15) is 0 Å². The molecular formula is C14H12N2O4. The van der Waals surface area contributed by atoms with Crippen LogP contribution in [0.4, 0.5) is 16.2 Å². The molecule has 0 aliphatic heterocycles. The molecule has 20 heavy (non-hydrogen) atoms. The Morgan fingerprint density at radius 3 is 2.50 bits per heavy atom. The van der Waals surface area contributed by atoms with Gasteiger partial charge in [-0.25, -0.2) is 4.79 Å². The van der Waals surface area contributed by atoms with E-state index in [-0.39, 0.29) is 11.4 Å². The molecule has 0 fully saturated rings. The first-order valence-electron chi connectivity index (χ1n) is 5.85. The van der Waals surface area contributed by atoms with Crippen LogP contribution < -0.4 is 10.1 Å². The topological polar surface area (TPSA) is 81.5 Å². The average Bonchev–Trinajstić information content (AvgIpc) is 2.39. The lowest BCUT2D eigenvalue weighted by Gasteiger charge is -2.07. The highest BCUT2D eigenvalue weighted by Crippen LogP contribution is 2.23. The zero-order chi connectivity index (χ0) is 14.5. The van der Waals surface area contributed by atoms with E-state index in [0.29, 0.717) is 11.3 Å². The summed E-state index contributed by atoms with van der Waals surface area (Å²) in [6.45, 7) is 1.58. The molecule has 2 aromatic rings. The molecule has 0 aromatic heterocycles. The van der Waals surface area contributed by atoms with Gasteiger partial charge in [-0.15, -0.1) is 0 Å². The second-order valence-corrected chi connectivity index (χ2v) is 4.09. The number of nitro benzene ring substituents is 1. The van der Waals surface area contributed by atoms with Crippen LogP contribution in [0.3, 0.4) is 0 Å². The van der Waals surface area contributed by atoms with Gasteiger partial charge in [0.2, 0.25) is 0 Å². The van der Waals surface area contributed by atoms with Gasteiger partial charge in [-0.05, 0) is 31.2 Å². The van der Waals surface area contributed by atoms with E-state index in [0.717, 1.165) is 0 Å². The van der Waals surface area contributed by atoms with Gasteiger partial charge in [-0.3, -0.25) is 15.4 Å². The van der Waals surface area contributed by atoms with Gasteiger partial charge in [0.25, 0.3) is 5.69 Å². The molecule has 0 atom stereocenters. The largest absolute Gasteiger partial charge is 0.417 e. The van der Waals surface area contributed by atoms with E-state index >= 15 is 0 Å². The van der Waals surface area contributed by atoms with Crippen LogP contribution in [0.15, 0.2) is 48.5 Å². The minimum Gasteiger partial charge on any atom is -0.410 e. The monoisotopic (exact) mass is 272 g/mol. The number of nitrogens with zero attached hydrogens (tertiary/aromatic N) is 1. The molecule has 6 heteroatoms. The Balaban J connectivity index is 2.05. The van der Waals surface area contributed by atoms with E-state index in [9.17, 15) is 14.9 Å². The first-order chi connectivity index (χ1) is 9.56. The Bertz CT molecular complexity index is 641. The SMILES string of the molecule is Cc1cc(OC(=O)Nc2ccccc2)ccc1[N+](=O)[O-]. The van der Waals surface area contributed by atoms with Crippen LogP contribution in [0.5, 0.6) is 5.75 Å². The lowest BCUT2D eigenvalue weighted by Crippen LogP contribution is -2.16. The van der Waals surface area contributed by atoms with Crippen LogP contribution in [0.1, 0.15) is 5.56 Å². The number of anilines is 1. The van der Waals surface area contributed by atoms with Crippen molar-refractivity contribution in [1.82, 2.24) is 0 Å². The molecule has 0 spiro atoms. The number of carbonyl (C=O) groups excluding carboxylic acids is 1. The predicted octanol–water partition coefficient (Wildman–Crippen LogP) is 3.51. The zero-order valence-electron chi connectivity index (χ0n) is 10.7. The molecule has 102 valence electrons. The van der Waals surface area contributed by atoms with Crippen molar-refractivity contribution in [2.24, 2.45) is 0 Å². The summed E-state index contributed by atoms with van der Waals surface area (Å²) in [6, 6.07) is 13.0. The number of benzene rings is 2. The molecular weight excluding hydrogens is 260 g/mol. The van der Waals surface area contributed by atoms with Crippen LogP contribution >= 0.6 is 0 Å². The molecule has 1 amide bonds. The van der Waals surface area contributed by atoms with Gasteiger partial charge in [0.05, 0.1) is 4.92 Å². The maximum Gasteiger partial charge on any atom is 0.417 e. The molecule has 0 bridgehead atoms. The Morgan fingerprint density at radius 1 is 1.20 bits per heavy atom. The summed E-state index contributed by atoms with van der Waals surface area (Å²) in [6.07, 6.45) is -0.649. The fourth-order valence-electron chi connectivity index (χ4n) is 1.67. The quantitative estimate of drug-likeness (QED) is 0.684. The summed E-state index contributed by atoms with van der Waals surface area (Å²) in [5, 5.41) is 13.2. The smallest absolute Gasteiger partial charge is 0.410 e. The van der Waals surface area contributed by atoms with E-state index < -0.39 is 11.0 Å². The van der Waals surface area contributed by atoms with Crippen molar-refractivity contribution in [1.29, 1.82) is 0 Å². The van der Waals surface area contributed by atoms with Crippen molar-refractivity contribution in [2.75, 3.05) is 5.32 Å². The third kappa shape index (κ3) is 3.32. The average molecular weight is 272 g/mol. The van der Waals surface area contributed by atoms with Crippen molar-refractivity contribution in [3.05, 3.63) is 64.2 Å². The van der Waals surface area contributed by atoms with Crippen molar-refractivity contribution in [3.8, 4) is 5.75 Å². The van der Waals surface area contributed by atoms with Crippen LogP contribution in [-0.2, 0) is 0 Å². The first-order valence-corrected chi connectivity index (χ1v) is 5.85. The number of hydrogen-bond acceptors (Lipinski definition) is 4. The highest BCUT2D eigenvalue weighted by molar-refractivity contribution is 5.86. The minimum atomic E-state index is -0.649. The molecule has 0 aliphatic rings. The van der Waals surface area contributed by atoms with E-state index in [2.05, 4.69) is 5.32 Å². The molecule has 1 N–H and O–H groups in total. The number of amides is 1. The van der Waals surface area contributed by atoms with Gasteiger partial charge in [0, 0.05) is 17.3 Å². The summed E-state index contributed by atoms with van der Waals surface area (Å²) >= 11 is 0. The fourth-order valence-corrected chi connectivity index (χ4v) is 1.67. The number of nitrogens with one attached hydrogen (secondary N) is 1. The molecule has 0 saturated heterocycles. The van der Waals surface area contributed by atoms with Crippen LogP contribution in [0.2, 0.25) is 0 Å². The third-order valence-electron chi connectivity index (χ3n) is 2.60. The highest BCUT2D eigenvalue weighted by Gasteiger charge is 2.12. The third-order valence-corrected chi connectivity index (χ3v) is 2.60. The van der Waals surface area contributed by atoms with E-state index in [1.165, 1.54) is 18.2 Å². The second-order valence-electron chi connectivity index (χ2n) is 4.09. The van der Waals surface area contributed by atoms with Gasteiger partial charge in [0.1, 0.15) is 5.75 Å². The predicted molar refractivity (Wildman–Crippen MR) is 73.9 cm³/mol. The summed E-state index contributed by atoms with van der Waals surface area (Å²) in [5.41, 5.74) is 1.02. The molecule has 0 radical (unpaired) electrons. The maximum absolute atomic E-state index is 11.6. The number of carbonyl (C=O) groups is 1. The molecule has 6 nitrogen and oxygen atoms in total. The first kappa shape index (κ1) is 13.5. The van der Waals surface area contributed by atoms with E-state index in [4.69, 9.17) is 4.74 Å². The lowest BCUT2D eigenvalue weighted by molar-refractivity contribution is -0.385. The summed E-state index contributed by atoms with van der Waals surface area (Å²) in [4.78, 5) is 21.8. The molecule has 0 unspecified atom stereocenters. The van der Waals surface area contributed by atoms with Gasteiger partial charge in [-0.1, -0.05) is 18.2 Å². The molecule has 0 aliphatic carbocycles. The Kier molecular flexibility index (Phi) is 3.95. The number of ether oxygens (including phenoxy) is 1. The normalized spacial score (nSPS) is 9.85. The van der Waals surface area contributed by atoms with Crippen LogP contribution in [0, 0.1) is 17.0 Å². The standard InChI is InChI=1S/C14H12N2O4/c1-10-9-12(7-8-13(10)16(18)19)20-14(17)15-11-5-3-2-4-6-11/h2-9H,1H3,(H,15,17). The van der Waals surface area contributed by atoms with Gasteiger partial charge in [0.15, 0.2) is 0 Å². The second kappa shape index (κ2) is 5.83. The Morgan fingerprint density at radius 2 is 1.90 bits per heavy atom. The highest BCUT2D eigenvalue weighted by atomic mass is 16.6. The van der Waals surface area contributed by atoms with Crippen LogP contribution in [-0.4, -0.2) is 11.0 Å². The van der Waals surface area contributed by atoms with E-state index in [1.54, 1.807) is 31.2 Å². The fraction of sp³-hybridized carbons (Fsp3) is 0.0714. The summed E-state index contributed by atoms with van der Waals surface area (Å²) in [5.74, 6) is 0.251. The molecule has 2 aromatic carbocycles. The maximum atomic E-state index is 11.6. The summed E-state index contributed by atoms with van der Waals surface area (Å²) < 4.78 is 5.06. The number of aryl methyl sites for hydroxylation is 1. The number of nitro groups is 1. The number of hydrogen-bond donors (Lipinski definition) is 1. The number of para-hydroxylation sites is 1. The van der Waals surface area contributed by atoms with Crippen molar-refractivity contribution >= 4 is 17.5 Å². The van der Waals surface area contributed by atoms with Crippen molar-refractivity contribution in [3.63, 3.8) is 0 Å². The van der Waals surface area contributed by atoms with Gasteiger partial charge >= 0.3 is 6.09 Å². The molecule has 0 saturated carbocycles. The summed E-state index contributed by atoms with van der Waals surface area (Å²) in [7, 11) is 0. The number of rotatable bonds is 3. The van der Waals surface area contributed by atoms with E-state index in [1.807, 2.05) is 6.07 Å². The van der Waals surface area contributed by atoms with Crippen molar-refractivity contribution < 1.29 is 14.5 Å². The lowest BCUT2D eigenvalue weighted by atomic mass is 10.2. The van der Waals surface area contributed by atoms with Crippen molar-refractivity contribution in [2.45, 2.75) is 6.92 Å². The Hall–Kier alpha value is -2.89. The molecule has 2 rings (SSSR count). The molecule has 0 heterocycles. The zero-order valence-corrected chi connectivity index (χ0v) is 10.7. The van der Waals surface area contributed by atoms with Crippen LogP contribution in [0.25, 0.3) is 0 Å². The van der Waals surface area contributed by atoms with Gasteiger partial charge < -0.3 is 4.74 Å². The minimum absolute atomic E-state index is 0.0131. The Labute approximate surface area is 115 Å².